The molecular formula is C16H12BrClN2. The largest absolute Gasteiger partial charge is 0.226 e. The van der Waals surface area contributed by atoms with Crippen molar-refractivity contribution in [2.45, 2.75) is 5.88 Å². The van der Waals surface area contributed by atoms with Crippen molar-refractivity contribution in [1.82, 2.24) is 9.78 Å². The molecule has 1 aromatic heterocycles. The maximum atomic E-state index is 6.10. The van der Waals surface area contributed by atoms with Gasteiger partial charge in [0.2, 0.25) is 0 Å². The number of hydrogen-bond acceptors (Lipinski definition) is 1. The van der Waals surface area contributed by atoms with Gasteiger partial charge in [0.05, 0.1) is 17.3 Å². The molecule has 0 bridgehead atoms. The Labute approximate surface area is 131 Å². The van der Waals surface area contributed by atoms with Gasteiger partial charge in [0.25, 0.3) is 0 Å². The Bertz CT molecular complexity index is 708. The fourth-order valence-corrected chi connectivity index (χ4v) is 3.14. The van der Waals surface area contributed by atoms with E-state index in [-0.39, 0.29) is 0 Å². The van der Waals surface area contributed by atoms with Gasteiger partial charge in [0.1, 0.15) is 4.60 Å². The number of nitrogens with zero attached hydrogens (tertiary/aromatic N) is 2. The Morgan fingerprint density at radius 1 is 0.950 bits per heavy atom. The molecule has 0 spiro atoms. The molecule has 100 valence electrons. The highest BCUT2D eigenvalue weighted by molar-refractivity contribution is 9.10. The molecule has 3 rings (SSSR count). The van der Waals surface area contributed by atoms with Crippen LogP contribution in [0.2, 0.25) is 0 Å². The topological polar surface area (TPSA) is 17.8 Å². The van der Waals surface area contributed by atoms with Crippen molar-refractivity contribution in [3.05, 3.63) is 70.8 Å². The summed E-state index contributed by atoms with van der Waals surface area (Å²) in [5, 5.41) is 4.71. The highest BCUT2D eigenvalue weighted by atomic mass is 79.9. The SMILES string of the molecule is ClCc1c(-c2ccccc2)nn(-c2ccccc2)c1Br. The number of halogens is 2. The molecule has 0 aliphatic heterocycles. The normalized spacial score (nSPS) is 10.7. The second-order valence-corrected chi connectivity index (χ2v) is 5.38. The van der Waals surface area contributed by atoms with Crippen LogP contribution >= 0.6 is 27.5 Å². The summed E-state index contributed by atoms with van der Waals surface area (Å²) in [4.78, 5) is 0. The summed E-state index contributed by atoms with van der Waals surface area (Å²) in [6.45, 7) is 0. The number of benzene rings is 2. The van der Waals surface area contributed by atoms with Crippen molar-refractivity contribution in [3.8, 4) is 16.9 Å². The van der Waals surface area contributed by atoms with Crippen molar-refractivity contribution >= 4 is 27.5 Å². The lowest BCUT2D eigenvalue weighted by Crippen LogP contribution is -1.96. The van der Waals surface area contributed by atoms with Crippen LogP contribution in [-0.4, -0.2) is 9.78 Å². The van der Waals surface area contributed by atoms with Crippen LogP contribution in [0, 0.1) is 0 Å². The summed E-state index contributed by atoms with van der Waals surface area (Å²) >= 11 is 9.72. The minimum Gasteiger partial charge on any atom is -0.226 e. The van der Waals surface area contributed by atoms with Gasteiger partial charge in [-0.15, -0.1) is 11.6 Å². The Kier molecular flexibility index (Phi) is 3.90. The van der Waals surface area contributed by atoms with E-state index in [1.807, 2.05) is 65.3 Å². The van der Waals surface area contributed by atoms with Gasteiger partial charge >= 0.3 is 0 Å². The summed E-state index contributed by atoms with van der Waals surface area (Å²) in [6, 6.07) is 20.1. The van der Waals surface area contributed by atoms with Gasteiger partial charge in [-0.1, -0.05) is 48.5 Å². The number of alkyl halides is 1. The molecule has 3 aromatic rings. The van der Waals surface area contributed by atoms with E-state index in [9.17, 15) is 0 Å². The Balaban J connectivity index is 2.18. The standard InChI is InChI=1S/C16H12BrClN2/c17-16-14(11-18)15(12-7-3-1-4-8-12)19-20(16)13-9-5-2-6-10-13/h1-10H,11H2. The molecule has 0 saturated carbocycles. The second kappa shape index (κ2) is 5.81. The third-order valence-corrected chi connectivity index (χ3v) is 4.18. The zero-order chi connectivity index (χ0) is 13.9. The molecule has 2 nitrogen and oxygen atoms in total. The Morgan fingerprint density at radius 3 is 2.15 bits per heavy atom. The van der Waals surface area contributed by atoms with E-state index < -0.39 is 0 Å². The van der Waals surface area contributed by atoms with E-state index in [4.69, 9.17) is 16.7 Å². The van der Waals surface area contributed by atoms with E-state index in [1.54, 1.807) is 0 Å². The lowest BCUT2D eigenvalue weighted by molar-refractivity contribution is 0.863. The van der Waals surface area contributed by atoms with E-state index in [0.717, 1.165) is 27.1 Å². The van der Waals surface area contributed by atoms with Gasteiger partial charge in [-0.3, -0.25) is 0 Å². The molecule has 0 radical (unpaired) electrons. The summed E-state index contributed by atoms with van der Waals surface area (Å²) in [5.74, 6) is 0.414. The molecule has 1 heterocycles. The summed E-state index contributed by atoms with van der Waals surface area (Å²) in [7, 11) is 0. The van der Waals surface area contributed by atoms with Gasteiger partial charge in [0.15, 0.2) is 0 Å². The van der Waals surface area contributed by atoms with Gasteiger partial charge < -0.3 is 0 Å². The average Bonchev–Trinajstić information content (AvgIpc) is 2.86. The van der Waals surface area contributed by atoms with Gasteiger partial charge in [-0.2, -0.15) is 5.10 Å². The monoisotopic (exact) mass is 346 g/mol. The third kappa shape index (κ3) is 2.39. The summed E-state index contributed by atoms with van der Waals surface area (Å²) in [6.07, 6.45) is 0. The van der Waals surface area contributed by atoms with Crippen LogP contribution in [0.5, 0.6) is 0 Å². The zero-order valence-electron chi connectivity index (χ0n) is 10.6. The molecule has 20 heavy (non-hydrogen) atoms. The van der Waals surface area contributed by atoms with E-state index in [1.165, 1.54) is 0 Å². The summed E-state index contributed by atoms with van der Waals surface area (Å²) in [5.41, 5.74) is 3.99. The number of aromatic nitrogens is 2. The molecule has 0 fully saturated rings. The van der Waals surface area contributed by atoms with Crippen LogP contribution < -0.4 is 0 Å². The summed E-state index contributed by atoms with van der Waals surface area (Å²) < 4.78 is 2.78. The highest BCUT2D eigenvalue weighted by Gasteiger charge is 2.17. The molecular weight excluding hydrogens is 336 g/mol. The van der Waals surface area contributed by atoms with Crippen LogP contribution in [0.25, 0.3) is 16.9 Å². The second-order valence-electron chi connectivity index (χ2n) is 4.36. The third-order valence-electron chi connectivity index (χ3n) is 3.10. The molecule has 4 heteroatoms. The molecule has 0 aliphatic carbocycles. The quantitative estimate of drug-likeness (QED) is 0.607. The average molecular weight is 348 g/mol. The zero-order valence-corrected chi connectivity index (χ0v) is 13.0. The number of rotatable bonds is 3. The van der Waals surface area contributed by atoms with E-state index in [0.29, 0.717) is 5.88 Å². The van der Waals surface area contributed by atoms with Crippen molar-refractivity contribution < 1.29 is 0 Å². The van der Waals surface area contributed by atoms with Crippen LogP contribution in [-0.2, 0) is 5.88 Å². The molecule has 0 saturated heterocycles. The fraction of sp³-hybridized carbons (Fsp3) is 0.0625. The van der Waals surface area contributed by atoms with Crippen LogP contribution in [0.15, 0.2) is 65.3 Å². The highest BCUT2D eigenvalue weighted by Crippen LogP contribution is 2.32. The lowest BCUT2D eigenvalue weighted by atomic mass is 10.1. The first-order valence-corrected chi connectivity index (χ1v) is 7.58. The van der Waals surface area contributed by atoms with Gasteiger partial charge in [-0.05, 0) is 28.1 Å². The van der Waals surface area contributed by atoms with Crippen LogP contribution in [0.4, 0.5) is 0 Å². The molecule has 2 aromatic carbocycles. The molecule has 0 amide bonds. The Morgan fingerprint density at radius 2 is 1.55 bits per heavy atom. The predicted molar refractivity (Wildman–Crippen MR) is 86.3 cm³/mol. The molecule has 0 N–H and O–H groups in total. The maximum absolute atomic E-state index is 6.10. The maximum Gasteiger partial charge on any atom is 0.115 e. The smallest absolute Gasteiger partial charge is 0.115 e. The Hall–Kier alpha value is -1.58. The van der Waals surface area contributed by atoms with Gasteiger partial charge in [0, 0.05) is 11.1 Å². The molecule has 0 unspecified atom stereocenters. The predicted octanol–water partition coefficient (Wildman–Crippen LogP) is 5.04. The molecule has 0 atom stereocenters. The minimum absolute atomic E-state index is 0.414. The number of para-hydroxylation sites is 1. The van der Waals surface area contributed by atoms with Crippen LogP contribution in [0.1, 0.15) is 5.56 Å². The fourth-order valence-electron chi connectivity index (χ4n) is 2.12. The lowest BCUT2D eigenvalue weighted by Gasteiger charge is -2.02. The van der Waals surface area contributed by atoms with Crippen molar-refractivity contribution in [2.75, 3.05) is 0 Å². The van der Waals surface area contributed by atoms with Crippen molar-refractivity contribution in [1.29, 1.82) is 0 Å². The first kappa shape index (κ1) is 13.4. The van der Waals surface area contributed by atoms with Crippen molar-refractivity contribution in [2.24, 2.45) is 0 Å². The first-order chi connectivity index (χ1) is 9.81. The molecule has 0 aliphatic rings. The van der Waals surface area contributed by atoms with E-state index >= 15 is 0 Å². The van der Waals surface area contributed by atoms with Crippen molar-refractivity contribution in [3.63, 3.8) is 0 Å². The van der Waals surface area contributed by atoms with Crippen LogP contribution in [0.3, 0.4) is 0 Å². The van der Waals surface area contributed by atoms with E-state index in [2.05, 4.69) is 15.9 Å². The number of hydrogen-bond donors (Lipinski definition) is 0. The minimum atomic E-state index is 0.414. The van der Waals surface area contributed by atoms with Gasteiger partial charge in [-0.25, -0.2) is 4.68 Å². The first-order valence-electron chi connectivity index (χ1n) is 6.25.